The van der Waals surface area contributed by atoms with Crippen LogP contribution in [-0.4, -0.2) is 30.1 Å². The number of carboxylic acids is 1. The first-order valence-electron chi connectivity index (χ1n) is 5.69. The van der Waals surface area contributed by atoms with Crippen LogP contribution in [0.15, 0.2) is 24.3 Å². The minimum Gasteiger partial charge on any atom is -0.484 e. The summed E-state index contributed by atoms with van der Waals surface area (Å²) in [5.41, 5.74) is 0.665. The summed E-state index contributed by atoms with van der Waals surface area (Å²) < 4.78 is 5.22. The number of amides is 1. The molecule has 0 saturated carbocycles. The van der Waals surface area contributed by atoms with Crippen LogP contribution in [0, 0.1) is 11.3 Å². The fourth-order valence-corrected chi connectivity index (χ4v) is 1.34. The molecule has 2 N–H and O–H groups in total. The molecule has 1 amide bonds. The number of hydrogen-bond donors (Lipinski definition) is 2. The lowest BCUT2D eigenvalue weighted by atomic mass is 10.1. The fourth-order valence-electron chi connectivity index (χ4n) is 1.34. The van der Waals surface area contributed by atoms with Crippen LogP contribution >= 0.6 is 0 Å². The number of benzene rings is 1. The second-order valence-corrected chi connectivity index (χ2v) is 3.76. The second kappa shape index (κ2) is 7.71. The number of nitrogens with zero attached hydrogens (tertiary/aromatic N) is 1. The summed E-state index contributed by atoms with van der Waals surface area (Å²) in [6.07, 6.45) is 0.213. The Bertz CT molecular complexity index is 476. The lowest BCUT2D eigenvalue weighted by Crippen LogP contribution is -2.29. The zero-order valence-electron chi connectivity index (χ0n) is 10.3. The number of aliphatic carboxylic acids is 1. The summed E-state index contributed by atoms with van der Waals surface area (Å²) in [5, 5.41) is 19.4. The Balaban J connectivity index is 2.35. The number of ether oxygens (including phenoxy) is 1. The molecule has 1 aromatic rings. The maximum Gasteiger partial charge on any atom is 0.307 e. The van der Waals surface area contributed by atoms with Crippen molar-refractivity contribution in [2.75, 3.05) is 13.2 Å². The highest BCUT2D eigenvalue weighted by atomic mass is 16.5. The summed E-state index contributed by atoms with van der Waals surface area (Å²) >= 11 is 0. The van der Waals surface area contributed by atoms with Gasteiger partial charge in [-0.2, -0.15) is 5.26 Å². The Morgan fingerprint density at radius 1 is 1.32 bits per heavy atom. The van der Waals surface area contributed by atoms with Crippen molar-refractivity contribution in [2.24, 2.45) is 0 Å². The van der Waals surface area contributed by atoms with Gasteiger partial charge in [-0.3, -0.25) is 9.59 Å². The lowest BCUT2D eigenvalue weighted by Gasteiger charge is -2.06. The van der Waals surface area contributed by atoms with Gasteiger partial charge in [0.15, 0.2) is 6.61 Å². The number of carbonyl (C=O) groups excluding carboxylic acids is 1. The molecule has 0 aliphatic rings. The van der Waals surface area contributed by atoms with E-state index in [1.54, 1.807) is 24.3 Å². The number of carboxylic acid groups (broad SMARTS) is 1. The molecule has 0 fully saturated rings. The number of carbonyl (C=O) groups is 2. The van der Waals surface area contributed by atoms with Gasteiger partial charge in [0.05, 0.1) is 18.9 Å². The fraction of sp³-hybridized carbons (Fsp3) is 0.308. The van der Waals surface area contributed by atoms with Gasteiger partial charge in [0.25, 0.3) is 5.91 Å². The van der Waals surface area contributed by atoms with E-state index >= 15 is 0 Å². The highest BCUT2D eigenvalue weighted by Crippen LogP contribution is 2.12. The summed E-state index contributed by atoms with van der Waals surface area (Å²) in [6.45, 7) is 0.167. The van der Waals surface area contributed by atoms with Gasteiger partial charge in [0, 0.05) is 6.54 Å². The summed E-state index contributed by atoms with van der Waals surface area (Å²) in [7, 11) is 0. The van der Waals surface area contributed by atoms with E-state index in [2.05, 4.69) is 5.32 Å². The van der Waals surface area contributed by atoms with E-state index in [1.165, 1.54) is 0 Å². The van der Waals surface area contributed by atoms with E-state index in [9.17, 15) is 9.59 Å². The molecule has 0 aliphatic carbocycles. The number of nitriles is 1. The van der Waals surface area contributed by atoms with Crippen molar-refractivity contribution in [3.05, 3.63) is 29.8 Å². The first-order chi connectivity index (χ1) is 9.11. The molecule has 0 spiro atoms. The van der Waals surface area contributed by atoms with E-state index in [0.717, 1.165) is 0 Å². The van der Waals surface area contributed by atoms with Crippen molar-refractivity contribution < 1.29 is 19.4 Å². The summed E-state index contributed by atoms with van der Waals surface area (Å²) in [5.74, 6) is -0.708. The molecule has 6 nitrogen and oxygen atoms in total. The van der Waals surface area contributed by atoms with Crippen molar-refractivity contribution in [1.82, 2.24) is 5.32 Å². The summed E-state index contributed by atoms with van der Waals surface area (Å²) in [4.78, 5) is 21.8. The molecule has 6 heteroatoms. The minimum absolute atomic E-state index is 0.0467. The topological polar surface area (TPSA) is 99.4 Å². The second-order valence-electron chi connectivity index (χ2n) is 3.76. The normalized spacial score (nSPS) is 9.42. The Hall–Kier alpha value is -2.55. The first kappa shape index (κ1) is 14.5. The number of nitrogens with one attached hydrogen (secondary N) is 1. The molecule has 1 rings (SSSR count). The average Bonchev–Trinajstić information content (AvgIpc) is 2.37. The zero-order chi connectivity index (χ0) is 14.1. The van der Waals surface area contributed by atoms with Crippen molar-refractivity contribution in [3.63, 3.8) is 0 Å². The SMILES string of the molecule is N#CCCNC(=O)COc1ccc(CC(=O)O)cc1. The third kappa shape index (κ3) is 6.07. The van der Waals surface area contributed by atoms with Gasteiger partial charge in [0.1, 0.15) is 5.75 Å². The molecule has 0 saturated heterocycles. The molecule has 0 bridgehead atoms. The van der Waals surface area contributed by atoms with Crippen molar-refractivity contribution >= 4 is 11.9 Å². The lowest BCUT2D eigenvalue weighted by molar-refractivity contribution is -0.136. The van der Waals surface area contributed by atoms with Crippen LogP contribution in [0.5, 0.6) is 5.75 Å². The molecular formula is C13H14N2O4. The minimum atomic E-state index is -0.898. The molecular weight excluding hydrogens is 248 g/mol. The Kier molecular flexibility index (Phi) is 5.89. The number of rotatable bonds is 7. The third-order valence-corrected chi connectivity index (χ3v) is 2.21. The molecule has 19 heavy (non-hydrogen) atoms. The van der Waals surface area contributed by atoms with Gasteiger partial charge in [-0.05, 0) is 17.7 Å². The van der Waals surface area contributed by atoms with Crippen LogP contribution in [-0.2, 0) is 16.0 Å². The highest BCUT2D eigenvalue weighted by molar-refractivity contribution is 5.77. The van der Waals surface area contributed by atoms with Gasteiger partial charge < -0.3 is 15.2 Å². The Labute approximate surface area is 110 Å². The van der Waals surface area contributed by atoms with Gasteiger partial charge >= 0.3 is 5.97 Å². The zero-order valence-corrected chi connectivity index (χ0v) is 10.3. The maximum absolute atomic E-state index is 11.3. The van der Waals surface area contributed by atoms with Crippen LogP contribution in [0.1, 0.15) is 12.0 Å². The van der Waals surface area contributed by atoms with E-state index in [1.807, 2.05) is 6.07 Å². The van der Waals surface area contributed by atoms with Crippen LogP contribution in [0.2, 0.25) is 0 Å². The van der Waals surface area contributed by atoms with Crippen molar-refractivity contribution in [3.8, 4) is 11.8 Å². The highest BCUT2D eigenvalue weighted by Gasteiger charge is 2.03. The van der Waals surface area contributed by atoms with Gasteiger partial charge in [0.2, 0.25) is 0 Å². The molecule has 100 valence electrons. The van der Waals surface area contributed by atoms with Crippen molar-refractivity contribution in [1.29, 1.82) is 5.26 Å². The predicted molar refractivity (Wildman–Crippen MR) is 66.5 cm³/mol. The van der Waals surface area contributed by atoms with Crippen LogP contribution < -0.4 is 10.1 Å². The molecule has 0 aromatic heterocycles. The van der Waals surface area contributed by atoms with Gasteiger partial charge in [-0.1, -0.05) is 12.1 Å². The van der Waals surface area contributed by atoms with E-state index < -0.39 is 5.97 Å². The van der Waals surface area contributed by atoms with E-state index in [-0.39, 0.29) is 25.4 Å². The predicted octanol–water partition coefficient (Wildman–Crippen LogP) is 0.722. The maximum atomic E-state index is 11.3. The van der Waals surface area contributed by atoms with Crippen LogP contribution in [0.25, 0.3) is 0 Å². The molecule has 0 atom stereocenters. The van der Waals surface area contributed by atoms with Crippen LogP contribution in [0.3, 0.4) is 0 Å². The van der Waals surface area contributed by atoms with Crippen LogP contribution in [0.4, 0.5) is 0 Å². The quantitative estimate of drug-likeness (QED) is 0.705. The van der Waals surface area contributed by atoms with E-state index in [4.69, 9.17) is 15.1 Å². The van der Waals surface area contributed by atoms with Crippen molar-refractivity contribution in [2.45, 2.75) is 12.8 Å². The Morgan fingerprint density at radius 2 is 2.00 bits per heavy atom. The molecule has 0 radical (unpaired) electrons. The smallest absolute Gasteiger partial charge is 0.307 e. The van der Waals surface area contributed by atoms with Gasteiger partial charge in [-0.25, -0.2) is 0 Å². The Morgan fingerprint density at radius 3 is 2.58 bits per heavy atom. The largest absolute Gasteiger partial charge is 0.484 e. The molecule has 0 aliphatic heterocycles. The first-order valence-corrected chi connectivity index (χ1v) is 5.69. The monoisotopic (exact) mass is 262 g/mol. The molecule has 1 aromatic carbocycles. The van der Waals surface area contributed by atoms with E-state index in [0.29, 0.717) is 17.9 Å². The molecule has 0 unspecified atom stereocenters. The number of hydrogen-bond acceptors (Lipinski definition) is 4. The average molecular weight is 262 g/mol. The van der Waals surface area contributed by atoms with Gasteiger partial charge in [-0.15, -0.1) is 0 Å². The third-order valence-electron chi connectivity index (χ3n) is 2.21. The molecule has 0 heterocycles. The standard InChI is InChI=1S/C13H14N2O4/c14-6-1-7-15-12(16)9-19-11-4-2-10(3-5-11)8-13(17)18/h2-5H,1,7-9H2,(H,15,16)(H,17,18). The summed E-state index contributed by atoms with van der Waals surface area (Å²) in [6, 6.07) is 8.41.